The van der Waals surface area contributed by atoms with Crippen LogP contribution in [0.3, 0.4) is 0 Å². The van der Waals surface area contributed by atoms with Crippen molar-refractivity contribution in [3.63, 3.8) is 0 Å². The van der Waals surface area contributed by atoms with Crippen LogP contribution in [0.2, 0.25) is 0 Å². The summed E-state index contributed by atoms with van der Waals surface area (Å²) in [6, 6.07) is 62.8. The Morgan fingerprint density at radius 1 is 0.298 bits per heavy atom. The van der Waals surface area contributed by atoms with E-state index in [1.807, 2.05) is 11.3 Å². The molecule has 0 aliphatic carbocycles. The lowest BCUT2D eigenvalue weighted by Gasteiger charge is -2.18. The van der Waals surface area contributed by atoms with E-state index in [1.54, 1.807) is 0 Å². The van der Waals surface area contributed by atoms with Gasteiger partial charge in [-0.15, -0.1) is 11.3 Å². The molecular formula is C46H28S. The topological polar surface area (TPSA) is 0 Å². The van der Waals surface area contributed by atoms with Crippen molar-refractivity contribution in [2.45, 2.75) is 0 Å². The summed E-state index contributed by atoms with van der Waals surface area (Å²) in [6.07, 6.45) is 0. The monoisotopic (exact) mass is 612 g/mol. The van der Waals surface area contributed by atoms with Gasteiger partial charge in [0.2, 0.25) is 0 Å². The summed E-state index contributed by atoms with van der Waals surface area (Å²) in [5.74, 6) is 0. The van der Waals surface area contributed by atoms with Gasteiger partial charge in [0.1, 0.15) is 0 Å². The van der Waals surface area contributed by atoms with E-state index in [0.29, 0.717) is 0 Å². The van der Waals surface area contributed by atoms with Crippen molar-refractivity contribution < 1.29 is 0 Å². The van der Waals surface area contributed by atoms with E-state index >= 15 is 0 Å². The van der Waals surface area contributed by atoms with Gasteiger partial charge < -0.3 is 0 Å². The van der Waals surface area contributed by atoms with Crippen LogP contribution in [0.5, 0.6) is 0 Å². The molecule has 10 rings (SSSR count). The third kappa shape index (κ3) is 4.14. The zero-order valence-electron chi connectivity index (χ0n) is 25.6. The van der Waals surface area contributed by atoms with Gasteiger partial charge in [-0.2, -0.15) is 0 Å². The first kappa shape index (κ1) is 26.5. The fraction of sp³-hybridized carbons (Fsp3) is 0. The number of fused-ring (bicyclic) bond motifs is 7. The number of benzene rings is 9. The normalized spacial score (nSPS) is 11.8. The highest BCUT2D eigenvalue weighted by Crippen LogP contribution is 2.46. The maximum absolute atomic E-state index is 2.40. The summed E-state index contributed by atoms with van der Waals surface area (Å²) in [5.41, 5.74) is 7.61. The molecule has 0 N–H and O–H groups in total. The van der Waals surface area contributed by atoms with Crippen LogP contribution in [-0.4, -0.2) is 0 Å². The highest BCUT2D eigenvalue weighted by Gasteiger charge is 2.18. The predicted molar refractivity (Wildman–Crippen MR) is 206 cm³/mol. The quantitative estimate of drug-likeness (QED) is 0.174. The molecule has 0 saturated heterocycles. The minimum atomic E-state index is 1.24. The third-order valence-electron chi connectivity index (χ3n) is 9.80. The van der Waals surface area contributed by atoms with Crippen LogP contribution in [0, 0.1) is 0 Å². The first-order chi connectivity index (χ1) is 23.3. The largest absolute Gasteiger partial charge is 0.135 e. The third-order valence-corrected chi connectivity index (χ3v) is 11.0. The molecule has 1 aromatic heterocycles. The number of rotatable bonds is 3. The molecule has 0 radical (unpaired) electrons. The Bertz CT molecular complexity index is 2800. The number of hydrogen-bond acceptors (Lipinski definition) is 1. The van der Waals surface area contributed by atoms with Crippen molar-refractivity contribution in [2.75, 3.05) is 0 Å². The number of thiophene rings is 1. The van der Waals surface area contributed by atoms with Crippen LogP contribution < -0.4 is 0 Å². The molecule has 0 unspecified atom stereocenters. The Labute approximate surface area is 276 Å². The second kappa shape index (κ2) is 10.4. The van der Waals surface area contributed by atoms with Gasteiger partial charge in [-0.05, 0) is 101 Å². The SMILES string of the molecule is c1cc(-c2c3ccccc3c(-c3ccc4ccccc4c3)c3ccccc23)cc(-c2cccc3c2sc2cc4ccccc4cc23)c1. The molecule has 0 aliphatic heterocycles. The van der Waals surface area contributed by atoms with E-state index < -0.39 is 0 Å². The van der Waals surface area contributed by atoms with Crippen molar-refractivity contribution in [3.8, 4) is 33.4 Å². The first-order valence-electron chi connectivity index (χ1n) is 16.2. The summed E-state index contributed by atoms with van der Waals surface area (Å²) < 4.78 is 2.68. The van der Waals surface area contributed by atoms with Gasteiger partial charge in [0.05, 0.1) is 0 Å². The van der Waals surface area contributed by atoms with Crippen LogP contribution in [0.1, 0.15) is 0 Å². The summed E-state index contributed by atoms with van der Waals surface area (Å²) in [7, 11) is 0. The fourth-order valence-electron chi connectivity index (χ4n) is 7.65. The Balaban J connectivity index is 1.21. The Hall–Kier alpha value is -5.76. The van der Waals surface area contributed by atoms with Crippen LogP contribution in [0.25, 0.3) is 96.6 Å². The smallest absolute Gasteiger partial charge is 0.0433 e. The highest BCUT2D eigenvalue weighted by molar-refractivity contribution is 7.26. The molecule has 0 nitrogen and oxygen atoms in total. The molecule has 0 saturated carbocycles. The van der Waals surface area contributed by atoms with Gasteiger partial charge in [0, 0.05) is 20.2 Å². The van der Waals surface area contributed by atoms with Crippen molar-refractivity contribution in [1.29, 1.82) is 0 Å². The molecular weight excluding hydrogens is 585 g/mol. The average molecular weight is 613 g/mol. The van der Waals surface area contributed by atoms with Crippen molar-refractivity contribution in [2.24, 2.45) is 0 Å². The highest BCUT2D eigenvalue weighted by atomic mass is 32.1. The molecule has 0 amide bonds. The second-order valence-electron chi connectivity index (χ2n) is 12.5. The zero-order chi connectivity index (χ0) is 30.9. The molecule has 10 aromatic rings. The zero-order valence-corrected chi connectivity index (χ0v) is 26.4. The van der Waals surface area contributed by atoms with Crippen LogP contribution in [0.15, 0.2) is 170 Å². The molecule has 47 heavy (non-hydrogen) atoms. The lowest BCUT2D eigenvalue weighted by Crippen LogP contribution is -1.91. The molecule has 0 spiro atoms. The Morgan fingerprint density at radius 2 is 0.809 bits per heavy atom. The summed E-state index contributed by atoms with van der Waals surface area (Å²) >= 11 is 1.91. The molecule has 0 atom stereocenters. The summed E-state index contributed by atoms with van der Waals surface area (Å²) in [5, 5.41) is 12.9. The minimum absolute atomic E-state index is 1.24. The summed E-state index contributed by atoms with van der Waals surface area (Å²) in [6.45, 7) is 0. The molecule has 1 heteroatoms. The molecule has 9 aromatic carbocycles. The van der Waals surface area contributed by atoms with E-state index in [-0.39, 0.29) is 0 Å². The van der Waals surface area contributed by atoms with E-state index in [2.05, 4.69) is 170 Å². The maximum atomic E-state index is 2.40. The minimum Gasteiger partial charge on any atom is -0.135 e. The van der Waals surface area contributed by atoms with Gasteiger partial charge in [-0.1, -0.05) is 146 Å². The fourth-order valence-corrected chi connectivity index (χ4v) is 8.92. The lowest BCUT2D eigenvalue weighted by molar-refractivity contribution is 1.64. The van der Waals surface area contributed by atoms with Gasteiger partial charge in [-0.3, -0.25) is 0 Å². The van der Waals surface area contributed by atoms with E-state index in [0.717, 1.165) is 0 Å². The van der Waals surface area contributed by atoms with Gasteiger partial charge in [0.25, 0.3) is 0 Å². The van der Waals surface area contributed by atoms with Gasteiger partial charge in [-0.25, -0.2) is 0 Å². The Morgan fingerprint density at radius 3 is 1.49 bits per heavy atom. The van der Waals surface area contributed by atoms with Gasteiger partial charge >= 0.3 is 0 Å². The lowest BCUT2D eigenvalue weighted by atomic mass is 9.85. The molecule has 218 valence electrons. The van der Waals surface area contributed by atoms with Crippen LogP contribution in [0.4, 0.5) is 0 Å². The van der Waals surface area contributed by atoms with Crippen molar-refractivity contribution in [1.82, 2.24) is 0 Å². The second-order valence-corrected chi connectivity index (χ2v) is 13.5. The standard InChI is InChI=1S/C46H28S/c1-2-12-30-25-35(24-23-29(30)11-1)45-39-19-7-5-17-37(39)44(38-18-6-8-20-40(38)45)34-16-9-15-33(26-34)36-21-10-22-41-42-27-31-13-3-4-14-32(31)28-43(42)47-46(36)41/h1-28H. The van der Waals surface area contributed by atoms with E-state index in [4.69, 9.17) is 0 Å². The Kier molecular flexibility index (Phi) is 5.85. The maximum Gasteiger partial charge on any atom is 0.0433 e. The van der Waals surface area contributed by atoms with Crippen LogP contribution >= 0.6 is 11.3 Å². The molecule has 0 bridgehead atoms. The van der Waals surface area contributed by atoms with Crippen molar-refractivity contribution in [3.05, 3.63) is 170 Å². The van der Waals surface area contributed by atoms with E-state index in [1.165, 1.54) is 96.6 Å². The number of hydrogen-bond donors (Lipinski definition) is 0. The van der Waals surface area contributed by atoms with Crippen LogP contribution in [-0.2, 0) is 0 Å². The summed E-state index contributed by atoms with van der Waals surface area (Å²) in [4.78, 5) is 0. The molecule has 0 fully saturated rings. The first-order valence-corrected chi connectivity index (χ1v) is 17.0. The van der Waals surface area contributed by atoms with E-state index in [9.17, 15) is 0 Å². The molecule has 1 heterocycles. The average Bonchev–Trinajstić information content (AvgIpc) is 3.50. The van der Waals surface area contributed by atoms with Crippen molar-refractivity contribution >= 4 is 74.6 Å². The predicted octanol–water partition coefficient (Wildman–Crippen LogP) is 13.7. The van der Waals surface area contributed by atoms with Gasteiger partial charge in [0.15, 0.2) is 0 Å². The molecule has 0 aliphatic rings.